The third kappa shape index (κ3) is 3.29. The number of rotatable bonds is 4. The zero-order valence-electron chi connectivity index (χ0n) is 11.5. The van der Waals surface area contributed by atoms with Gasteiger partial charge < -0.3 is 5.32 Å². The van der Waals surface area contributed by atoms with Gasteiger partial charge in [0, 0.05) is 11.8 Å². The number of nitrogens with zero attached hydrogens (tertiary/aromatic N) is 1. The van der Waals surface area contributed by atoms with Gasteiger partial charge in [0.1, 0.15) is 0 Å². The normalized spacial score (nSPS) is 10.1. The Morgan fingerprint density at radius 2 is 1.95 bits per heavy atom. The second-order valence-corrected chi connectivity index (χ2v) is 4.65. The van der Waals surface area contributed by atoms with E-state index in [4.69, 9.17) is 0 Å². The van der Waals surface area contributed by atoms with Crippen LogP contribution in [0.2, 0.25) is 0 Å². The zero-order chi connectivity index (χ0) is 14.5. The molecule has 0 radical (unpaired) electrons. The van der Waals surface area contributed by atoms with Crippen LogP contribution in [0.3, 0.4) is 0 Å². The first-order valence-electron chi connectivity index (χ1n) is 6.37. The lowest BCUT2D eigenvalue weighted by Gasteiger charge is -2.07. The van der Waals surface area contributed by atoms with Crippen molar-refractivity contribution in [1.29, 1.82) is 0 Å². The predicted molar refractivity (Wildman–Crippen MR) is 76.3 cm³/mol. The molecule has 1 aromatic heterocycles. The van der Waals surface area contributed by atoms with Gasteiger partial charge in [-0.25, -0.2) is 0 Å². The fourth-order valence-corrected chi connectivity index (χ4v) is 1.94. The maximum absolute atomic E-state index is 12.1. The minimum Gasteiger partial charge on any atom is -0.344 e. The molecule has 102 valence electrons. The molecule has 0 aliphatic heterocycles. The molecule has 0 aliphatic carbocycles. The number of Topliss-reactive ketones (excluding diaryl/α,β-unsaturated/α-hetero) is 1. The molecule has 2 rings (SSSR count). The van der Waals surface area contributed by atoms with Gasteiger partial charge >= 0.3 is 0 Å². The molecule has 0 saturated carbocycles. The van der Waals surface area contributed by atoms with Crippen LogP contribution in [-0.4, -0.2) is 16.7 Å². The van der Waals surface area contributed by atoms with Crippen molar-refractivity contribution in [3.05, 3.63) is 65.0 Å². The van der Waals surface area contributed by atoms with Crippen LogP contribution in [0.1, 0.15) is 27.2 Å². The Morgan fingerprint density at radius 1 is 1.15 bits per heavy atom. The molecule has 1 heterocycles. The molecule has 1 aromatic carbocycles. The van der Waals surface area contributed by atoms with Crippen LogP contribution in [0, 0.1) is 13.8 Å². The van der Waals surface area contributed by atoms with Crippen molar-refractivity contribution in [3.8, 4) is 0 Å². The lowest BCUT2D eigenvalue weighted by atomic mass is 10.0. The van der Waals surface area contributed by atoms with E-state index in [1.807, 2.05) is 32.0 Å². The van der Waals surface area contributed by atoms with E-state index in [1.54, 1.807) is 24.4 Å². The summed E-state index contributed by atoms with van der Waals surface area (Å²) in [6.07, 6.45) is 1.65. The third-order valence-electron chi connectivity index (χ3n) is 2.99. The summed E-state index contributed by atoms with van der Waals surface area (Å²) in [5.74, 6) is -1.12. The molecule has 0 spiro atoms. The molecular weight excluding hydrogens is 252 g/mol. The number of carbonyl (C=O) groups excluding carboxylic acids is 2. The highest BCUT2D eigenvalue weighted by Crippen LogP contribution is 2.11. The smallest absolute Gasteiger partial charge is 0.292 e. The quantitative estimate of drug-likeness (QED) is 0.683. The average molecular weight is 268 g/mol. The number of carbonyl (C=O) groups is 2. The van der Waals surface area contributed by atoms with Crippen LogP contribution >= 0.6 is 0 Å². The summed E-state index contributed by atoms with van der Waals surface area (Å²) in [6.45, 7) is 4.02. The van der Waals surface area contributed by atoms with Gasteiger partial charge in [0.05, 0.1) is 12.2 Å². The number of pyridine rings is 1. The lowest BCUT2D eigenvalue weighted by Crippen LogP contribution is -2.31. The fourth-order valence-electron chi connectivity index (χ4n) is 1.94. The molecular formula is C16H16N2O2. The van der Waals surface area contributed by atoms with Crippen LogP contribution in [0.5, 0.6) is 0 Å². The van der Waals surface area contributed by atoms with Crippen molar-refractivity contribution >= 4 is 11.7 Å². The van der Waals surface area contributed by atoms with Gasteiger partial charge in [-0.3, -0.25) is 14.6 Å². The maximum atomic E-state index is 12.1. The van der Waals surface area contributed by atoms with Gasteiger partial charge in [-0.05, 0) is 31.5 Å². The zero-order valence-corrected chi connectivity index (χ0v) is 11.5. The van der Waals surface area contributed by atoms with Gasteiger partial charge in [-0.1, -0.05) is 29.8 Å². The van der Waals surface area contributed by atoms with Crippen molar-refractivity contribution in [2.24, 2.45) is 0 Å². The molecule has 0 atom stereocenters. The predicted octanol–water partition coefficient (Wildman–Crippen LogP) is 2.20. The van der Waals surface area contributed by atoms with Crippen molar-refractivity contribution in [3.63, 3.8) is 0 Å². The minimum absolute atomic E-state index is 0.246. The Balaban J connectivity index is 2.04. The van der Waals surface area contributed by atoms with Gasteiger partial charge in [0.2, 0.25) is 5.78 Å². The number of hydrogen-bond acceptors (Lipinski definition) is 3. The van der Waals surface area contributed by atoms with Crippen LogP contribution < -0.4 is 5.32 Å². The molecule has 0 bridgehead atoms. The van der Waals surface area contributed by atoms with E-state index < -0.39 is 11.7 Å². The van der Waals surface area contributed by atoms with E-state index in [0.717, 1.165) is 11.1 Å². The standard InChI is InChI=1S/C16H16N2O2/c1-11-6-7-14(12(2)9-11)15(19)16(20)18-10-13-5-3-4-8-17-13/h3-9H,10H2,1-2H3,(H,18,20). The Bertz CT molecular complexity index is 636. The van der Waals surface area contributed by atoms with Crippen LogP contribution in [0.15, 0.2) is 42.6 Å². The Labute approximate surface area is 117 Å². The summed E-state index contributed by atoms with van der Waals surface area (Å²) in [6, 6.07) is 10.8. The summed E-state index contributed by atoms with van der Waals surface area (Å²) in [4.78, 5) is 28.0. The lowest BCUT2D eigenvalue weighted by molar-refractivity contribution is -0.117. The second-order valence-electron chi connectivity index (χ2n) is 4.65. The molecule has 2 aromatic rings. The van der Waals surface area contributed by atoms with E-state index in [9.17, 15) is 9.59 Å². The van der Waals surface area contributed by atoms with Crippen LogP contribution in [0.25, 0.3) is 0 Å². The molecule has 4 nitrogen and oxygen atoms in total. The number of aromatic nitrogens is 1. The number of nitrogens with one attached hydrogen (secondary N) is 1. The van der Waals surface area contributed by atoms with E-state index in [-0.39, 0.29) is 6.54 Å². The Hall–Kier alpha value is -2.49. The van der Waals surface area contributed by atoms with E-state index in [0.29, 0.717) is 11.3 Å². The topological polar surface area (TPSA) is 59.1 Å². The van der Waals surface area contributed by atoms with Gasteiger partial charge in [0.15, 0.2) is 0 Å². The third-order valence-corrected chi connectivity index (χ3v) is 2.99. The van der Waals surface area contributed by atoms with Crippen molar-refractivity contribution in [2.45, 2.75) is 20.4 Å². The second kappa shape index (κ2) is 6.10. The van der Waals surface area contributed by atoms with Crippen LogP contribution in [0.4, 0.5) is 0 Å². The molecule has 20 heavy (non-hydrogen) atoms. The van der Waals surface area contributed by atoms with Gasteiger partial charge in [0.25, 0.3) is 5.91 Å². The van der Waals surface area contributed by atoms with Gasteiger partial charge in [-0.15, -0.1) is 0 Å². The van der Waals surface area contributed by atoms with E-state index >= 15 is 0 Å². The largest absolute Gasteiger partial charge is 0.344 e. The van der Waals surface area contributed by atoms with Crippen LogP contribution in [-0.2, 0) is 11.3 Å². The fraction of sp³-hybridized carbons (Fsp3) is 0.188. The van der Waals surface area contributed by atoms with Crippen molar-refractivity contribution in [1.82, 2.24) is 10.3 Å². The first-order chi connectivity index (χ1) is 9.58. The number of ketones is 1. The molecule has 1 N–H and O–H groups in total. The SMILES string of the molecule is Cc1ccc(C(=O)C(=O)NCc2ccccn2)c(C)c1. The first-order valence-corrected chi connectivity index (χ1v) is 6.37. The van der Waals surface area contributed by atoms with E-state index in [1.165, 1.54) is 0 Å². The maximum Gasteiger partial charge on any atom is 0.292 e. The molecule has 0 aliphatic rings. The minimum atomic E-state index is -0.609. The Morgan fingerprint density at radius 3 is 2.60 bits per heavy atom. The Kier molecular flexibility index (Phi) is 4.25. The molecule has 0 unspecified atom stereocenters. The van der Waals surface area contributed by atoms with Crippen molar-refractivity contribution < 1.29 is 9.59 Å². The number of benzene rings is 1. The number of hydrogen-bond donors (Lipinski definition) is 1. The summed E-state index contributed by atoms with van der Waals surface area (Å²) >= 11 is 0. The summed E-state index contributed by atoms with van der Waals surface area (Å²) in [5.41, 5.74) is 3.03. The summed E-state index contributed by atoms with van der Waals surface area (Å²) in [7, 11) is 0. The highest BCUT2D eigenvalue weighted by Gasteiger charge is 2.17. The van der Waals surface area contributed by atoms with E-state index in [2.05, 4.69) is 10.3 Å². The average Bonchev–Trinajstić information content (AvgIpc) is 2.45. The molecule has 1 amide bonds. The number of aryl methyl sites for hydroxylation is 2. The van der Waals surface area contributed by atoms with Crippen molar-refractivity contribution in [2.75, 3.05) is 0 Å². The number of amides is 1. The summed E-state index contributed by atoms with van der Waals surface area (Å²) in [5, 5.41) is 2.59. The highest BCUT2D eigenvalue weighted by molar-refractivity contribution is 6.43. The molecule has 0 saturated heterocycles. The molecule has 0 fully saturated rings. The summed E-state index contributed by atoms with van der Waals surface area (Å²) < 4.78 is 0. The monoisotopic (exact) mass is 268 g/mol. The first kappa shape index (κ1) is 13.9. The highest BCUT2D eigenvalue weighted by atomic mass is 16.2. The van der Waals surface area contributed by atoms with Gasteiger partial charge in [-0.2, -0.15) is 0 Å². The molecule has 4 heteroatoms.